The number of carboxylic acid groups (broad SMARTS) is 1. The lowest BCUT2D eigenvalue weighted by molar-refractivity contribution is -0.149. The number of ether oxygens (including phenoxy) is 1. The van der Waals surface area contributed by atoms with E-state index >= 15 is 0 Å². The molecule has 3 saturated heterocycles. The van der Waals surface area contributed by atoms with Crippen LogP contribution in [0.4, 0.5) is 5.69 Å². The number of anilines is 1. The number of aliphatic carboxylic acids is 1. The van der Waals surface area contributed by atoms with Crippen molar-refractivity contribution in [3.05, 3.63) is 42.0 Å². The van der Waals surface area contributed by atoms with Crippen molar-refractivity contribution >= 4 is 39.4 Å². The van der Waals surface area contributed by atoms with Gasteiger partial charge in [-0.15, -0.1) is 6.58 Å². The number of alkyl halides is 1. The second-order valence-corrected chi connectivity index (χ2v) is 10.3. The van der Waals surface area contributed by atoms with Gasteiger partial charge in [0.25, 0.3) is 5.91 Å². The summed E-state index contributed by atoms with van der Waals surface area (Å²) in [6.07, 6.45) is 1.59. The minimum Gasteiger partial charge on any atom is -0.481 e. The molecule has 4 rings (SSSR count). The Hall–Kier alpha value is -2.23. The summed E-state index contributed by atoms with van der Waals surface area (Å²) >= 11 is 3.54. The molecule has 3 fully saturated rings. The lowest BCUT2D eigenvalue weighted by Gasteiger charge is -2.37. The number of carbonyl (C=O) groups is 3. The first-order chi connectivity index (χ1) is 15.7. The van der Waals surface area contributed by atoms with Gasteiger partial charge < -0.3 is 24.7 Å². The SMILES string of the molecule is C=CCN(C(=O)C1N(CCCO)C(=O)[C@@H]2[C@@H](C(=O)O)[C@@H]3OC12CC3Br)c1cc(C)ccc1C. The summed E-state index contributed by atoms with van der Waals surface area (Å²) in [5, 5.41) is 19.3. The molecule has 6 atom stereocenters. The maximum absolute atomic E-state index is 14.2. The summed E-state index contributed by atoms with van der Waals surface area (Å²) in [7, 11) is 0. The van der Waals surface area contributed by atoms with Gasteiger partial charge in [-0.05, 0) is 43.9 Å². The van der Waals surface area contributed by atoms with Gasteiger partial charge in [0.1, 0.15) is 11.6 Å². The number of nitrogens with zero attached hydrogens (tertiary/aromatic N) is 2. The molecule has 1 spiro atoms. The van der Waals surface area contributed by atoms with Gasteiger partial charge >= 0.3 is 5.97 Å². The molecule has 8 nitrogen and oxygen atoms in total. The minimum absolute atomic E-state index is 0.145. The number of aryl methyl sites for hydroxylation is 2. The lowest BCUT2D eigenvalue weighted by Crippen LogP contribution is -2.57. The number of hydrogen-bond acceptors (Lipinski definition) is 5. The molecule has 2 amide bonds. The highest BCUT2D eigenvalue weighted by Gasteiger charge is 2.76. The van der Waals surface area contributed by atoms with Crippen LogP contribution in [0.3, 0.4) is 0 Å². The summed E-state index contributed by atoms with van der Waals surface area (Å²) in [4.78, 5) is 42.7. The van der Waals surface area contributed by atoms with E-state index in [0.29, 0.717) is 12.1 Å². The number of aliphatic hydroxyl groups excluding tert-OH is 1. The van der Waals surface area contributed by atoms with Crippen molar-refractivity contribution in [3.63, 3.8) is 0 Å². The van der Waals surface area contributed by atoms with Crippen molar-refractivity contribution in [1.29, 1.82) is 0 Å². The van der Waals surface area contributed by atoms with Crippen molar-refractivity contribution in [2.24, 2.45) is 11.8 Å². The van der Waals surface area contributed by atoms with Crippen LogP contribution in [-0.2, 0) is 19.1 Å². The fourth-order valence-corrected chi connectivity index (χ4v) is 6.71. The Bertz CT molecular complexity index is 999. The van der Waals surface area contributed by atoms with E-state index in [1.54, 1.807) is 11.0 Å². The zero-order valence-electron chi connectivity index (χ0n) is 18.7. The van der Waals surface area contributed by atoms with E-state index < -0.39 is 41.5 Å². The van der Waals surface area contributed by atoms with E-state index in [2.05, 4.69) is 22.5 Å². The Balaban J connectivity index is 1.82. The first-order valence-corrected chi connectivity index (χ1v) is 12.0. The zero-order valence-corrected chi connectivity index (χ0v) is 20.3. The first kappa shape index (κ1) is 23.9. The van der Waals surface area contributed by atoms with E-state index in [9.17, 15) is 24.6 Å². The molecule has 1 aromatic carbocycles. The molecular weight excluding hydrogens is 492 g/mol. The van der Waals surface area contributed by atoms with Crippen LogP contribution in [0.25, 0.3) is 0 Å². The summed E-state index contributed by atoms with van der Waals surface area (Å²) < 4.78 is 6.28. The number of amides is 2. The second kappa shape index (κ2) is 8.85. The fourth-order valence-electron chi connectivity index (χ4n) is 5.77. The Kier molecular flexibility index (Phi) is 6.41. The largest absolute Gasteiger partial charge is 0.481 e. The molecular formula is C24H29BrN2O6. The number of halogens is 1. The Morgan fingerprint density at radius 3 is 2.76 bits per heavy atom. The summed E-state index contributed by atoms with van der Waals surface area (Å²) in [6, 6.07) is 4.83. The molecule has 0 aliphatic carbocycles. The number of aliphatic hydroxyl groups is 1. The number of rotatable bonds is 8. The summed E-state index contributed by atoms with van der Waals surface area (Å²) in [6.45, 7) is 7.88. The molecule has 3 heterocycles. The molecule has 0 saturated carbocycles. The van der Waals surface area contributed by atoms with Crippen molar-refractivity contribution in [3.8, 4) is 0 Å². The molecule has 3 aliphatic rings. The topological polar surface area (TPSA) is 107 Å². The van der Waals surface area contributed by atoms with Crippen molar-refractivity contribution in [2.75, 3.05) is 24.6 Å². The average Bonchev–Trinajstić information content (AvgIpc) is 3.35. The highest BCUT2D eigenvalue weighted by atomic mass is 79.9. The van der Waals surface area contributed by atoms with Gasteiger partial charge in [-0.3, -0.25) is 14.4 Å². The van der Waals surface area contributed by atoms with Crippen molar-refractivity contribution in [1.82, 2.24) is 4.90 Å². The van der Waals surface area contributed by atoms with E-state index in [0.717, 1.165) is 11.1 Å². The summed E-state index contributed by atoms with van der Waals surface area (Å²) in [5.74, 6) is -3.79. The number of carbonyl (C=O) groups excluding carboxylic acids is 2. The molecule has 9 heteroatoms. The van der Waals surface area contributed by atoms with Gasteiger partial charge in [-0.2, -0.15) is 0 Å². The van der Waals surface area contributed by atoms with Gasteiger partial charge in [0.2, 0.25) is 5.91 Å². The van der Waals surface area contributed by atoms with Crippen LogP contribution >= 0.6 is 15.9 Å². The van der Waals surface area contributed by atoms with E-state index in [4.69, 9.17) is 4.74 Å². The number of benzene rings is 1. The van der Waals surface area contributed by atoms with Gasteiger partial charge in [0, 0.05) is 30.2 Å². The Morgan fingerprint density at radius 2 is 2.12 bits per heavy atom. The predicted molar refractivity (Wildman–Crippen MR) is 125 cm³/mol. The molecule has 1 aromatic rings. The third kappa shape index (κ3) is 3.61. The van der Waals surface area contributed by atoms with E-state index in [1.165, 1.54) is 4.90 Å². The van der Waals surface area contributed by atoms with Gasteiger partial charge in [0.05, 0.1) is 17.9 Å². The van der Waals surface area contributed by atoms with Crippen LogP contribution < -0.4 is 4.90 Å². The van der Waals surface area contributed by atoms with Gasteiger partial charge in [0.15, 0.2) is 0 Å². The van der Waals surface area contributed by atoms with E-state index in [1.807, 2.05) is 32.0 Å². The highest BCUT2D eigenvalue weighted by Crippen LogP contribution is 2.60. The third-order valence-electron chi connectivity index (χ3n) is 7.10. The maximum Gasteiger partial charge on any atom is 0.310 e. The normalized spacial score (nSPS) is 32.2. The highest BCUT2D eigenvalue weighted by molar-refractivity contribution is 9.09. The number of fused-ring (bicyclic) bond motifs is 1. The quantitative estimate of drug-likeness (QED) is 0.401. The molecule has 33 heavy (non-hydrogen) atoms. The first-order valence-electron chi connectivity index (χ1n) is 11.1. The van der Waals surface area contributed by atoms with E-state index in [-0.39, 0.29) is 36.9 Å². The smallest absolute Gasteiger partial charge is 0.310 e. The average molecular weight is 521 g/mol. The molecule has 3 aliphatic heterocycles. The van der Waals surface area contributed by atoms with Crippen LogP contribution in [0.15, 0.2) is 30.9 Å². The van der Waals surface area contributed by atoms with Crippen LogP contribution in [0, 0.1) is 25.7 Å². The maximum atomic E-state index is 14.2. The van der Waals surface area contributed by atoms with Gasteiger partial charge in [-0.1, -0.05) is 34.1 Å². The summed E-state index contributed by atoms with van der Waals surface area (Å²) in [5.41, 5.74) is 1.36. The molecule has 178 valence electrons. The number of likely N-dealkylation sites (tertiary alicyclic amines) is 1. The van der Waals surface area contributed by atoms with Crippen LogP contribution in [0.1, 0.15) is 24.0 Å². The fraction of sp³-hybridized carbons (Fsp3) is 0.542. The molecule has 0 radical (unpaired) electrons. The van der Waals surface area contributed by atoms with Crippen LogP contribution in [-0.4, -0.2) is 75.2 Å². The molecule has 2 N–H and O–H groups in total. The monoisotopic (exact) mass is 520 g/mol. The molecule has 0 aromatic heterocycles. The number of hydrogen-bond donors (Lipinski definition) is 2. The Labute approximate surface area is 201 Å². The third-order valence-corrected chi connectivity index (χ3v) is 7.94. The standard InChI is InChI=1S/C24H29BrN2O6/c1-4-8-26(16-11-13(2)6-7-14(16)3)22(30)20-24-12-15(25)19(33-24)17(23(31)32)18(24)21(29)27(20)9-5-10-28/h4,6-7,11,15,17-20,28H,1,5,8-10,12H2,2-3H3,(H,31,32)/t15?,17-,18+,19-,20?,24?/m1/s1. The van der Waals surface area contributed by atoms with Crippen molar-refractivity contribution in [2.45, 2.75) is 49.3 Å². The van der Waals surface area contributed by atoms with Crippen LogP contribution in [0.2, 0.25) is 0 Å². The van der Waals surface area contributed by atoms with Gasteiger partial charge in [-0.25, -0.2) is 0 Å². The lowest BCUT2D eigenvalue weighted by atomic mass is 9.70. The molecule has 2 bridgehead atoms. The molecule has 3 unspecified atom stereocenters. The van der Waals surface area contributed by atoms with Crippen LogP contribution in [0.5, 0.6) is 0 Å². The predicted octanol–water partition coefficient (Wildman–Crippen LogP) is 2.04. The Morgan fingerprint density at radius 1 is 1.39 bits per heavy atom. The second-order valence-electron chi connectivity index (χ2n) is 9.14. The minimum atomic E-state index is -1.23. The number of carboxylic acids is 1. The van der Waals surface area contributed by atoms with Crippen molar-refractivity contribution < 1.29 is 29.3 Å². The zero-order chi connectivity index (χ0) is 24.1.